The maximum atomic E-state index is 12.3. The molecule has 0 N–H and O–H groups in total. The second-order valence-corrected chi connectivity index (χ2v) is 5.06. The molecular formula is C15H13ClN2O2. The second kappa shape index (κ2) is 5.13. The van der Waals surface area contributed by atoms with E-state index in [0.29, 0.717) is 23.8 Å². The second-order valence-electron chi connectivity index (χ2n) is 4.67. The number of nitrogens with zero attached hydrogens (tertiary/aromatic N) is 2. The summed E-state index contributed by atoms with van der Waals surface area (Å²) in [6.07, 6.45) is 1.55. The number of hydrogen-bond acceptors (Lipinski definition) is 3. The molecule has 5 heteroatoms. The third-order valence-electron chi connectivity index (χ3n) is 3.37. The number of halogens is 1. The van der Waals surface area contributed by atoms with Crippen LogP contribution < -0.4 is 4.74 Å². The van der Waals surface area contributed by atoms with Crippen LogP contribution in [0.1, 0.15) is 21.5 Å². The summed E-state index contributed by atoms with van der Waals surface area (Å²) in [4.78, 5) is 18.0. The van der Waals surface area contributed by atoms with Crippen LogP contribution in [0.3, 0.4) is 0 Å². The van der Waals surface area contributed by atoms with Crippen molar-refractivity contribution in [2.45, 2.75) is 13.1 Å². The maximum Gasteiger partial charge on any atom is 0.256 e. The van der Waals surface area contributed by atoms with Gasteiger partial charge in [-0.2, -0.15) is 0 Å². The number of carbonyl (C=O) groups excluding carboxylic acids is 1. The Bertz CT molecular complexity index is 655. The topological polar surface area (TPSA) is 42.4 Å². The zero-order chi connectivity index (χ0) is 14.1. The SMILES string of the molecule is COc1ccc(CN2Cc3cc(Cl)ncc3C2=O)cc1. The number of amides is 1. The van der Waals surface area contributed by atoms with Gasteiger partial charge in [-0.05, 0) is 29.3 Å². The van der Waals surface area contributed by atoms with Crippen LogP contribution in [-0.4, -0.2) is 22.9 Å². The fourth-order valence-electron chi connectivity index (χ4n) is 2.32. The summed E-state index contributed by atoms with van der Waals surface area (Å²) < 4.78 is 5.12. The van der Waals surface area contributed by atoms with Gasteiger partial charge in [0.2, 0.25) is 0 Å². The zero-order valence-corrected chi connectivity index (χ0v) is 11.7. The Balaban J connectivity index is 1.78. The normalized spacial score (nSPS) is 13.5. The monoisotopic (exact) mass is 288 g/mol. The fourth-order valence-corrected chi connectivity index (χ4v) is 2.50. The molecule has 1 amide bonds. The van der Waals surface area contributed by atoms with Gasteiger partial charge in [0.1, 0.15) is 10.9 Å². The van der Waals surface area contributed by atoms with Crippen LogP contribution in [0.4, 0.5) is 0 Å². The van der Waals surface area contributed by atoms with E-state index < -0.39 is 0 Å². The number of aromatic nitrogens is 1. The Morgan fingerprint density at radius 1 is 1.35 bits per heavy atom. The molecule has 0 fully saturated rings. The van der Waals surface area contributed by atoms with E-state index in [4.69, 9.17) is 16.3 Å². The van der Waals surface area contributed by atoms with E-state index in [0.717, 1.165) is 16.9 Å². The standard InChI is InChI=1S/C15H13ClN2O2/c1-20-12-4-2-10(3-5-12)8-18-9-11-6-14(16)17-7-13(11)15(18)19/h2-7H,8-9H2,1H3. The number of pyridine rings is 1. The summed E-state index contributed by atoms with van der Waals surface area (Å²) in [6, 6.07) is 9.45. The van der Waals surface area contributed by atoms with Crippen molar-refractivity contribution in [3.8, 4) is 5.75 Å². The largest absolute Gasteiger partial charge is 0.497 e. The first-order chi connectivity index (χ1) is 9.67. The summed E-state index contributed by atoms with van der Waals surface area (Å²) in [5.41, 5.74) is 2.64. The van der Waals surface area contributed by atoms with Crippen molar-refractivity contribution in [2.75, 3.05) is 7.11 Å². The molecule has 0 unspecified atom stereocenters. The van der Waals surface area contributed by atoms with Gasteiger partial charge in [-0.25, -0.2) is 4.98 Å². The molecule has 0 aliphatic carbocycles. The summed E-state index contributed by atoms with van der Waals surface area (Å²) in [5, 5.41) is 0.419. The lowest BCUT2D eigenvalue weighted by Gasteiger charge is -2.15. The molecule has 20 heavy (non-hydrogen) atoms. The van der Waals surface area contributed by atoms with Crippen molar-refractivity contribution < 1.29 is 9.53 Å². The molecule has 2 heterocycles. The number of carbonyl (C=O) groups is 1. The number of hydrogen-bond donors (Lipinski definition) is 0. The number of ether oxygens (including phenoxy) is 1. The van der Waals surface area contributed by atoms with Crippen LogP contribution >= 0.6 is 11.6 Å². The molecule has 0 atom stereocenters. The quantitative estimate of drug-likeness (QED) is 0.816. The highest BCUT2D eigenvalue weighted by molar-refractivity contribution is 6.29. The predicted octanol–water partition coefficient (Wildman–Crippen LogP) is 2.90. The number of rotatable bonds is 3. The fraction of sp³-hybridized carbons (Fsp3) is 0.200. The summed E-state index contributed by atoms with van der Waals surface area (Å²) in [7, 11) is 1.63. The van der Waals surface area contributed by atoms with Gasteiger partial charge in [-0.15, -0.1) is 0 Å². The Kier molecular flexibility index (Phi) is 3.32. The Morgan fingerprint density at radius 2 is 2.10 bits per heavy atom. The van der Waals surface area contributed by atoms with Gasteiger partial charge < -0.3 is 9.64 Å². The van der Waals surface area contributed by atoms with Gasteiger partial charge in [-0.3, -0.25) is 4.79 Å². The van der Waals surface area contributed by atoms with E-state index in [1.807, 2.05) is 24.3 Å². The van der Waals surface area contributed by atoms with Crippen molar-refractivity contribution in [3.05, 3.63) is 58.4 Å². The Hall–Kier alpha value is -2.07. The summed E-state index contributed by atoms with van der Waals surface area (Å²) >= 11 is 5.86. The minimum atomic E-state index is -0.0000141. The first kappa shape index (κ1) is 12.9. The van der Waals surface area contributed by atoms with Crippen molar-refractivity contribution >= 4 is 17.5 Å². The molecular weight excluding hydrogens is 276 g/mol. The molecule has 102 valence electrons. The molecule has 0 saturated heterocycles. The van der Waals surface area contributed by atoms with Gasteiger partial charge in [-0.1, -0.05) is 23.7 Å². The molecule has 0 saturated carbocycles. The molecule has 1 aliphatic heterocycles. The van der Waals surface area contributed by atoms with E-state index in [9.17, 15) is 4.79 Å². The highest BCUT2D eigenvalue weighted by atomic mass is 35.5. The van der Waals surface area contributed by atoms with E-state index in [2.05, 4.69) is 4.98 Å². The zero-order valence-electron chi connectivity index (χ0n) is 11.0. The van der Waals surface area contributed by atoms with Crippen molar-refractivity contribution in [1.29, 1.82) is 0 Å². The van der Waals surface area contributed by atoms with Crippen LogP contribution in [0.15, 0.2) is 36.5 Å². The van der Waals surface area contributed by atoms with Gasteiger partial charge in [0, 0.05) is 19.3 Å². The van der Waals surface area contributed by atoms with Crippen molar-refractivity contribution in [1.82, 2.24) is 9.88 Å². The van der Waals surface area contributed by atoms with E-state index in [-0.39, 0.29) is 5.91 Å². The third kappa shape index (κ3) is 2.34. The Morgan fingerprint density at radius 3 is 2.80 bits per heavy atom. The van der Waals surface area contributed by atoms with Crippen LogP contribution in [0, 0.1) is 0 Å². The molecule has 0 spiro atoms. The van der Waals surface area contributed by atoms with Crippen LogP contribution in [0.25, 0.3) is 0 Å². The third-order valence-corrected chi connectivity index (χ3v) is 3.57. The molecule has 0 radical (unpaired) electrons. The number of methoxy groups -OCH3 is 1. The average molecular weight is 289 g/mol. The Labute approximate surface area is 122 Å². The lowest BCUT2D eigenvalue weighted by molar-refractivity contribution is 0.0766. The van der Waals surface area contributed by atoms with Crippen LogP contribution in [0.2, 0.25) is 5.15 Å². The van der Waals surface area contributed by atoms with E-state index in [1.165, 1.54) is 0 Å². The summed E-state index contributed by atoms with van der Waals surface area (Å²) in [5.74, 6) is 0.806. The lowest BCUT2D eigenvalue weighted by Crippen LogP contribution is -2.23. The smallest absolute Gasteiger partial charge is 0.256 e. The number of benzene rings is 1. The van der Waals surface area contributed by atoms with Gasteiger partial charge in [0.15, 0.2) is 0 Å². The highest BCUT2D eigenvalue weighted by Crippen LogP contribution is 2.26. The minimum Gasteiger partial charge on any atom is -0.497 e. The van der Waals surface area contributed by atoms with Gasteiger partial charge in [0.25, 0.3) is 5.91 Å². The summed E-state index contributed by atoms with van der Waals surface area (Å²) in [6.45, 7) is 1.14. The average Bonchev–Trinajstić information content (AvgIpc) is 2.75. The molecule has 3 rings (SSSR count). The molecule has 1 aromatic carbocycles. The minimum absolute atomic E-state index is 0.0000141. The lowest BCUT2D eigenvalue weighted by atomic mass is 10.2. The van der Waals surface area contributed by atoms with Gasteiger partial charge >= 0.3 is 0 Å². The van der Waals surface area contributed by atoms with Gasteiger partial charge in [0.05, 0.1) is 12.7 Å². The van der Waals surface area contributed by atoms with Crippen molar-refractivity contribution in [3.63, 3.8) is 0 Å². The number of fused-ring (bicyclic) bond motifs is 1. The molecule has 2 aromatic rings. The first-order valence-corrected chi connectivity index (χ1v) is 6.62. The molecule has 0 bridgehead atoms. The predicted molar refractivity (Wildman–Crippen MR) is 75.8 cm³/mol. The highest BCUT2D eigenvalue weighted by Gasteiger charge is 2.27. The molecule has 1 aliphatic rings. The molecule has 1 aromatic heterocycles. The first-order valence-electron chi connectivity index (χ1n) is 6.24. The van der Waals surface area contributed by atoms with Crippen LogP contribution in [-0.2, 0) is 13.1 Å². The van der Waals surface area contributed by atoms with Crippen molar-refractivity contribution in [2.24, 2.45) is 0 Å². The van der Waals surface area contributed by atoms with E-state index >= 15 is 0 Å². The van der Waals surface area contributed by atoms with Crippen LogP contribution in [0.5, 0.6) is 5.75 Å². The van der Waals surface area contributed by atoms with E-state index in [1.54, 1.807) is 24.3 Å². The maximum absolute atomic E-state index is 12.3. The molecule has 4 nitrogen and oxygen atoms in total.